The van der Waals surface area contributed by atoms with Gasteiger partial charge in [-0.1, -0.05) is 18.2 Å². The molecule has 0 aromatic heterocycles. The van der Waals surface area contributed by atoms with Gasteiger partial charge < -0.3 is 14.8 Å². The molecule has 1 aliphatic carbocycles. The average Bonchev–Trinajstić information content (AvgIpc) is 2.90. The maximum atomic E-state index is 12.3. The molecule has 1 N–H and O–H groups in total. The number of benzene rings is 1. The zero-order valence-electron chi connectivity index (χ0n) is 11.9. The van der Waals surface area contributed by atoms with Crippen molar-refractivity contribution in [2.75, 3.05) is 18.5 Å². The summed E-state index contributed by atoms with van der Waals surface area (Å²) in [6, 6.07) is 7.87. The zero-order chi connectivity index (χ0) is 14.0. The standard InChI is InChI=1S/C16H21NO3/c1-12-4-2-3-5-14(12)17-15(18)13-6-8-16(9-7-13)19-10-11-20-16/h2-5,13H,6-11H2,1H3,(H,17,18). The highest BCUT2D eigenvalue weighted by atomic mass is 16.7. The van der Waals surface area contributed by atoms with Crippen LogP contribution in [0.1, 0.15) is 31.2 Å². The minimum absolute atomic E-state index is 0.0630. The zero-order valence-corrected chi connectivity index (χ0v) is 11.9. The van der Waals surface area contributed by atoms with Crippen LogP contribution in [0.2, 0.25) is 0 Å². The number of hydrogen-bond donors (Lipinski definition) is 1. The predicted octanol–water partition coefficient (Wildman–Crippen LogP) is 2.87. The smallest absolute Gasteiger partial charge is 0.227 e. The second-order valence-corrected chi connectivity index (χ2v) is 5.69. The number of aryl methyl sites for hydroxylation is 1. The van der Waals surface area contributed by atoms with E-state index in [0.717, 1.165) is 36.9 Å². The van der Waals surface area contributed by atoms with Gasteiger partial charge in [-0.3, -0.25) is 4.79 Å². The fourth-order valence-electron chi connectivity index (χ4n) is 3.05. The van der Waals surface area contributed by atoms with Gasteiger partial charge in [-0.05, 0) is 31.4 Å². The third-order valence-electron chi connectivity index (χ3n) is 4.33. The monoisotopic (exact) mass is 275 g/mol. The van der Waals surface area contributed by atoms with E-state index in [-0.39, 0.29) is 17.6 Å². The first kappa shape index (κ1) is 13.6. The highest BCUT2D eigenvalue weighted by Gasteiger charge is 2.41. The summed E-state index contributed by atoms with van der Waals surface area (Å²) in [5, 5.41) is 3.04. The first-order valence-electron chi connectivity index (χ1n) is 7.33. The summed E-state index contributed by atoms with van der Waals surface area (Å²) >= 11 is 0. The largest absolute Gasteiger partial charge is 0.348 e. The summed E-state index contributed by atoms with van der Waals surface area (Å²) in [4.78, 5) is 12.3. The summed E-state index contributed by atoms with van der Waals surface area (Å²) in [5.74, 6) is -0.209. The lowest BCUT2D eigenvalue weighted by Gasteiger charge is -2.34. The number of hydrogen-bond acceptors (Lipinski definition) is 3. The van der Waals surface area contributed by atoms with Crippen LogP contribution in [0.5, 0.6) is 0 Å². The molecule has 2 aliphatic rings. The Labute approximate surface area is 119 Å². The van der Waals surface area contributed by atoms with Crippen molar-refractivity contribution in [2.45, 2.75) is 38.4 Å². The van der Waals surface area contributed by atoms with Gasteiger partial charge in [-0.2, -0.15) is 0 Å². The summed E-state index contributed by atoms with van der Waals surface area (Å²) in [7, 11) is 0. The highest BCUT2D eigenvalue weighted by Crippen LogP contribution is 2.38. The van der Waals surface area contributed by atoms with Crippen molar-refractivity contribution in [3.05, 3.63) is 29.8 Å². The molecule has 1 saturated carbocycles. The first-order valence-corrected chi connectivity index (χ1v) is 7.33. The number of rotatable bonds is 2. The van der Waals surface area contributed by atoms with E-state index in [1.165, 1.54) is 0 Å². The van der Waals surface area contributed by atoms with Crippen molar-refractivity contribution in [1.29, 1.82) is 0 Å². The third-order valence-corrected chi connectivity index (χ3v) is 4.33. The number of para-hydroxylation sites is 1. The molecular weight excluding hydrogens is 254 g/mol. The molecule has 0 unspecified atom stereocenters. The molecular formula is C16H21NO3. The summed E-state index contributed by atoms with van der Waals surface area (Å²) in [6.45, 7) is 3.37. The van der Waals surface area contributed by atoms with Crippen molar-refractivity contribution in [3.8, 4) is 0 Å². The van der Waals surface area contributed by atoms with Gasteiger partial charge in [0.2, 0.25) is 5.91 Å². The first-order chi connectivity index (χ1) is 9.69. The van der Waals surface area contributed by atoms with Gasteiger partial charge in [0.15, 0.2) is 5.79 Å². The van der Waals surface area contributed by atoms with Crippen molar-refractivity contribution in [1.82, 2.24) is 0 Å². The van der Waals surface area contributed by atoms with Crippen LogP contribution in [0.3, 0.4) is 0 Å². The molecule has 4 nitrogen and oxygen atoms in total. The van der Waals surface area contributed by atoms with Crippen molar-refractivity contribution in [2.24, 2.45) is 5.92 Å². The number of anilines is 1. The topological polar surface area (TPSA) is 47.6 Å². The second kappa shape index (κ2) is 5.54. The van der Waals surface area contributed by atoms with E-state index in [9.17, 15) is 4.79 Å². The normalized spacial score (nSPS) is 22.1. The minimum Gasteiger partial charge on any atom is -0.348 e. The molecule has 2 fully saturated rings. The van der Waals surface area contributed by atoms with E-state index in [1.807, 2.05) is 31.2 Å². The van der Waals surface area contributed by atoms with Gasteiger partial charge in [-0.15, -0.1) is 0 Å². The Kier molecular flexibility index (Phi) is 3.76. The van der Waals surface area contributed by atoms with E-state index < -0.39 is 0 Å². The molecule has 4 heteroatoms. The molecule has 1 saturated heterocycles. The lowest BCUT2D eigenvalue weighted by molar-refractivity contribution is -0.182. The molecule has 20 heavy (non-hydrogen) atoms. The van der Waals surface area contributed by atoms with Gasteiger partial charge in [0.05, 0.1) is 13.2 Å². The van der Waals surface area contributed by atoms with Gasteiger partial charge in [0.1, 0.15) is 0 Å². The molecule has 1 aliphatic heterocycles. The van der Waals surface area contributed by atoms with Crippen LogP contribution in [-0.4, -0.2) is 24.9 Å². The molecule has 1 amide bonds. The predicted molar refractivity (Wildman–Crippen MR) is 76.4 cm³/mol. The maximum absolute atomic E-state index is 12.3. The molecule has 1 spiro atoms. The minimum atomic E-state index is -0.389. The number of amides is 1. The lowest BCUT2D eigenvalue weighted by atomic mass is 9.84. The van der Waals surface area contributed by atoms with Crippen LogP contribution >= 0.6 is 0 Å². The van der Waals surface area contributed by atoms with Crippen molar-refractivity contribution in [3.63, 3.8) is 0 Å². The van der Waals surface area contributed by atoms with Gasteiger partial charge >= 0.3 is 0 Å². The Morgan fingerprint density at radius 3 is 2.50 bits per heavy atom. The van der Waals surface area contributed by atoms with Crippen LogP contribution < -0.4 is 5.32 Å². The summed E-state index contributed by atoms with van der Waals surface area (Å²) in [5.41, 5.74) is 2.00. The molecule has 108 valence electrons. The molecule has 0 atom stereocenters. The van der Waals surface area contributed by atoms with Gasteiger partial charge in [-0.25, -0.2) is 0 Å². The van der Waals surface area contributed by atoms with Crippen molar-refractivity contribution < 1.29 is 14.3 Å². The van der Waals surface area contributed by atoms with E-state index in [2.05, 4.69) is 5.32 Å². The van der Waals surface area contributed by atoms with E-state index >= 15 is 0 Å². The lowest BCUT2D eigenvalue weighted by Crippen LogP contribution is -2.38. The number of ether oxygens (including phenoxy) is 2. The van der Waals surface area contributed by atoms with E-state index in [1.54, 1.807) is 0 Å². The Bertz CT molecular complexity index is 484. The van der Waals surface area contributed by atoms with Crippen molar-refractivity contribution >= 4 is 11.6 Å². The van der Waals surface area contributed by atoms with E-state index in [0.29, 0.717) is 13.2 Å². The number of carbonyl (C=O) groups excluding carboxylic acids is 1. The fourth-order valence-corrected chi connectivity index (χ4v) is 3.05. The highest BCUT2D eigenvalue weighted by molar-refractivity contribution is 5.93. The van der Waals surface area contributed by atoms with Crippen LogP contribution in [0, 0.1) is 12.8 Å². The Balaban J connectivity index is 1.58. The summed E-state index contributed by atoms with van der Waals surface area (Å²) in [6.07, 6.45) is 3.30. The number of nitrogens with one attached hydrogen (secondary N) is 1. The third kappa shape index (κ3) is 2.72. The van der Waals surface area contributed by atoms with Crippen LogP contribution in [0.25, 0.3) is 0 Å². The molecule has 1 aromatic carbocycles. The van der Waals surface area contributed by atoms with Crippen LogP contribution in [0.15, 0.2) is 24.3 Å². The molecule has 0 radical (unpaired) electrons. The quantitative estimate of drug-likeness (QED) is 0.902. The molecule has 1 aromatic rings. The molecule has 1 heterocycles. The molecule has 0 bridgehead atoms. The van der Waals surface area contributed by atoms with Crippen LogP contribution in [0.4, 0.5) is 5.69 Å². The Morgan fingerprint density at radius 1 is 1.20 bits per heavy atom. The second-order valence-electron chi connectivity index (χ2n) is 5.69. The Hall–Kier alpha value is -1.39. The maximum Gasteiger partial charge on any atom is 0.227 e. The van der Waals surface area contributed by atoms with E-state index in [4.69, 9.17) is 9.47 Å². The fraction of sp³-hybridized carbons (Fsp3) is 0.562. The SMILES string of the molecule is Cc1ccccc1NC(=O)C1CCC2(CC1)OCCO2. The van der Waals surface area contributed by atoms with Gasteiger partial charge in [0, 0.05) is 24.4 Å². The molecule has 3 rings (SSSR count). The number of carbonyl (C=O) groups is 1. The summed E-state index contributed by atoms with van der Waals surface area (Å²) < 4.78 is 11.4. The van der Waals surface area contributed by atoms with Crippen LogP contribution in [-0.2, 0) is 14.3 Å². The van der Waals surface area contributed by atoms with Gasteiger partial charge in [0.25, 0.3) is 0 Å². The average molecular weight is 275 g/mol. The Morgan fingerprint density at radius 2 is 1.85 bits per heavy atom.